The molecule has 0 saturated heterocycles. The van der Waals surface area contributed by atoms with Crippen LogP contribution in [-0.2, 0) is 9.84 Å². The number of hydrogen-bond acceptors (Lipinski definition) is 6. The zero-order valence-corrected chi connectivity index (χ0v) is 8.81. The Hall–Kier alpha value is -2.02. The summed E-state index contributed by atoms with van der Waals surface area (Å²) in [5, 5.41) is 9.48. The molecule has 0 fully saturated rings. The first-order valence-electron chi connectivity index (χ1n) is 4.25. The number of rotatable bonds is 1. The molecule has 1 aliphatic rings. The molecule has 1 aromatic rings. The lowest BCUT2D eigenvalue weighted by Gasteiger charge is -2.03. The van der Waals surface area contributed by atoms with Crippen LogP contribution in [-0.4, -0.2) is 18.8 Å². The van der Waals surface area contributed by atoms with Crippen molar-refractivity contribution in [1.82, 2.24) is 0 Å². The third-order valence-corrected chi connectivity index (χ3v) is 2.98. The van der Waals surface area contributed by atoms with Gasteiger partial charge in [0.2, 0.25) is 0 Å². The van der Waals surface area contributed by atoms with Gasteiger partial charge in [-0.3, -0.25) is 0 Å². The van der Waals surface area contributed by atoms with Gasteiger partial charge < -0.3 is 15.6 Å². The number of phenolic OH excluding ortho intramolecular Hbond substituents is 1. The lowest BCUT2D eigenvalue weighted by molar-refractivity contribution is 0.469. The molecular formula is C9H8N2O4S. The highest BCUT2D eigenvalue weighted by atomic mass is 32.2. The van der Waals surface area contributed by atoms with Crippen molar-refractivity contribution >= 4 is 15.1 Å². The summed E-state index contributed by atoms with van der Waals surface area (Å²) < 4.78 is 27.8. The molecule has 84 valence electrons. The van der Waals surface area contributed by atoms with Gasteiger partial charge in [0.15, 0.2) is 0 Å². The van der Waals surface area contributed by atoms with E-state index in [1.54, 1.807) is 0 Å². The molecule has 0 aliphatic carbocycles. The van der Waals surface area contributed by atoms with Crippen molar-refractivity contribution in [3.63, 3.8) is 0 Å². The van der Waals surface area contributed by atoms with Crippen molar-refractivity contribution in [2.75, 3.05) is 0 Å². The van der Waals surface area contributed by atoms with E-state index in [-0.39, 0.29) is 17.3 Å². The predicted molar refractivity (Wildman–Crippen MR) is 57.4 cm³/mol. The second-order valence-electron chi connectivity index (χ2n) is 3.06. The normalized spacial score (nSPS) is 17.8. The van der Waals surface area contributed by atoms with E-state index in [0.29, 0.717) is 0 Å². The zero-order valence-electron chi connectivity index (χ0n) is 7.99. The molecule has 2 rings (SSSR count). The number of ether oxygens (including phenoxy) is 1. The standard InChI is InChI=1S/C9H8N2O4S/c10-8-5-16(13,14)9(11-8)15-7-3-1-2-6(12)4-7/h1-5,12H,10H2. The van der Waals surface area contributed by atoms with Gasteiger partial charge in [0.25, 0.3) is 9.84 Å². The molecule has 0 saturated carbocycles. The Kier molecular flexibility index (Phi) is 2.31. The first-order valence-corrected chi connectivity index (χ1v) is 5.80. The fourth-order valence-corrected chi connectivity index (χ4v) is 2.05. The van der Waals surface area contributed by atoms with Crippen molar-refractivity contribution in [2.24, 2.45) is 10.7 Å². The Morgan fingerprint density at radius 2 is 2.12 bits per heavy atom. The van der Waals surface area contributed by atoms with Crippen LogP contribution in [0.3, 0.4) is 0 Å². The number of nitrogens with two attached hydrogens (primary N) is 1. The van der Waals surface area contributed by atoms with Gasteiger partial charge in [-0.15, -0.1) is 0 Å². The number of benzene rings is 1. The lowest BCUT2D eigenvalue weighted by atomic mass is 10.3. The van der Waals surface area contributed by atoms with Crippen LogP contribution in [0.1, 0.15) is 0 Å². The monoisotopic (exact) mass is 240 g/mol. The molecule has 0 unspecified atom stereocenters. The van der Waals surface area contributed by atoms with E-state index in [4.69, 9.17) is 15.6 Å². The van der Waals surface area contributed by atoms with Crippen LogP contribution in [0.4, 0.5) is 0 Å². The van der Waals surface area contributed by atoms with E-state index in [9.17, 15) is 8.42 Å². The summed E-state index contributed by atoms with van der Waals surface area (Å²) in [6.07, 6.45) is 0. The van der Waals surface area contributed by atoms with E-state index < -0.39 is 15.1 Å². The average molecular weight is 240 g/mol. The third kappa shape index (κ3) is 1.98. The number of phenols is 1. The Bertz CT molecular complexity index is 589. The minimum atomic E-state index is -3.69. The molecule has 1 heterocycles. The van der Waals surface area contributed by atoms with Crippen molar-refractivity contribution in [1.29, 1.82) is 0 Å². The Labute approximate surface area is 91.6 Å². The Balaban J connectivity index is 2.28. The van der Waals surface area contributed by atoms with Gasteiger partial charge in [-0.05, 0) is 12.1 Å². The number of nitrogens with zero attached hydrogens (tertiary/aromatic N) is 1. The Morgan fingerprint density at radius 3 is 2.69 bits per heavy atom. The van der Waals surface area contributed by atoms with Crippen molar-refractivity contribution in [3.05, 3.63) is 35.5 Å². The molecule has 7 heteroatoms. The van der Waals surface area contributed by atoms with E-state index in [2.05, 4.69) is 4.99 Å². The van der Waals surface area contributed by atoms with Crippen molar-refractivity contribution in [2.45, 2.75) is 0 Å². The van der Waals surface area contributed by atoms with Crippen LogP contribution in [0, 0.1) is 0 Å². The maximum Gasteiger partial charge on any atom is 0.321 e. The van der Waals surface area contributed by atoms with Crippen molar-refractivity contribution in [3.8, 4) is 11.5 Å². The van der Waals surface area contributed by atoms with Gasteiger partial charge in [0, 0.05) is 6.07 Å². The second-order valence-corrected chi connectivity index (χ2v) is 4.74. The zero-order chi connectivity index (χ0) is 11.8. The summed E-state index contributed by atoms with van der Waals surface area (Å²) in [6, 6.07) is 5.72. The second kappa shape index (κ2) is 3.53. The highest BCUT2D eigenvalue weighted by Gasteiger charge is 2.26. The van der Waals surface area contributed by atoms with Gasteiger partial charge in [0.1, 0.15) is 17.3 Å². The SMILES string of the molecule is NC1=CS(=O)(=O)C(Oc2cccc(O)c2)=N1. The van der Waals surface area contributed by atoms with Crippen LogP contribution < -0.4 is 10.5 Å². The number of sulfone groups is 1. The minimum absolute atomic E-state index is 0.0329. The molecule has 1 aromatic carbocycles. The summed E-state index contributed by atoms with van der Waals surface area (Å²) in [6.45, 7) is 0. The van der Waals surface area contributed by atoms with Crippen LogP contribution in [0.5, 0.6) is 11.5 Å². The van der Waals surface area contributed by atoms with Crippen molar-refractivity contribution < 1.29 is 18.3 Å². The molecule has 6 nitrogen and oxygen atoms in total. The highest BCUT2D eigenvalue weighted by Crippen LogP contribution is 2.21. The van der Waals surface area contributed by atoms with E-state index in [1.165, 1.54) is 24.3 Å². The fourth-order valence-electron chi connectivity index (χ4n) is 1.13. The molecule has 0 aromatic heterocycles. The molecule has 0 atom stereocenters. The molecule has 1 aliphatic heterocycles. The minimum Gasteiger partial charge on any atom is -0.508 e. The quantitative estimate of drug-likeness (QED) is 0.735. The smallest absolute Gasteiger partial charge is 0.321 e. The average Bonchev–Trinajstić information content (AvgIpc) is 2.39. The topological polar surface area (TPSA) is 102 Å². The van der Waals surface area contributed by atoms with Crippen LogP contribution in [0.25, 0.3) is 0 Å². The van der Waals surface area contributed by atoms with Gasteiger partial charge in [-0.2, -0.15) is 4.99 Å². The summed E-state index contributed by atoms with van der Waals surface area (Å²) in [7, 11) is -3.69. The van der Waals surface area contributed by atoms with E-state index in [0.717, 1.165) is 5.41 Å². The van der Waals surface area contributed by atoms with Gasteiger partial charge >= 0.3 is 5.23 Å². The highest BCUT2D eigenvalue weighted by molar-refractivity contribution is 8.08. The van der Waals surface area contributed by atoms with E-state index in [1.807, 2.05) is 0 Å². The molecule has 0 radical (unpaired) electrons. The number of aromatic hydroxyl groups is 1. The largest absolute Gasteiger partial charge is 0.508 e. The summed E-state index contributed by atoms with van der Waals surface area (Å²) in [5.41, 5.74) is 5.25. The maximum atomic E-state index is 11.4. The van der Waals surface area contributed by atoms with Crippen LogP contribution in [0.2, 0.25) is 0 Å². The van der Waals surface area contributed by atoms with Gasteiger partial charge in [-0.25, -0.2) is 8.42 Å². The number of hydrogen-bond donors (Lipinski definition) is 2. The van der Waals surface area contributed by atoms with E-state index >= 15 is 0 Å². The molecule has 0 bridgehead atoms. The molecular weight excluding hydrogens is 232 g/mol. The molecule has 3 N–H and O–H groups in total. The number of aliphatic imine (C=N–C) groups is 1. The first-order chi connectivity index (χ1) is 7.47. The van der Waals surface area contributed by atoms with Crippen LogP contribution >= 0.6 is 0 Å². The molecule has 0 amide bonds. The summed E-state index contributed by atoms with van der Waals surface area (Å²) in [5.74, 6) is 0.00926. The summed E-state index contributed by atoms with van der Waals surface area (Å²) >= 11 is 0. The molecule has 16 heavy (non-hydrogen) atoms. The first kappa shape index (κ1) is 10.5. The maximum absolute atomic E-state index is 11.4. The third-order valence-electron chi connectivity index (χ3n) is 1.76. The molecule has 0 spiro atoms. The van der Waals surface area contributed by atoms with Gasteiger partial charge in [-0.1, -0.05) is 6.07 Å². The lowest BCUT2D eigenvalue weighted by Crippen LogP contribution is -2.15. The fraction of sp³-hybridized carbons (Fsp3) is 0. The Morgan fingerprint density at radius 1 is 1.38 bits per heavy atom. The van der Waals surface area contributed by atoms with Crippen LogP contribution in [0.15, 0.2) is 40.5 Å². The summed E-state index contributed by atoms with van der Waals surface area (Å²) in [4.78, 5) is 3.53. The van der Waals surface area contributed by atoms with Gasteiger partial charge in [0.05, 0.1) is 5.41 Å². The predicted octanol–water partition coefficient (Wildman–Crippen LogP) is 0.313.